The van der Waals surface area contributed by atoms with E-state index in [9.17, 15) is 10.2 Å². The molecule has 0 radical (unpaired) electrons. The molecule has 2 N–H and O–H groups in total. The minimum atomic E-state index is -0.827. The molecule has 1 heterocycles. The van der Waals surface area contributed by atoms with Crippen molar-refractivity contribution >= 4 is 0 Å². The van der Waals surface area contributed by atoms with Crippen LogP contribution < -0.4 is 0 Å². The number of aliphatic hydroxyl groups is 2. The molecule has 1 rings (SSSR count). The number of aliphatic hydroxyl groups excluding tert-OH is 2. The number of ether oxygens (including phenoxy) is 2. The molecule has 1 aliphatic rings. The zero-order chi connectivity index (χ0) is 13.9. The Hall–Kier alpha value is -0.160. The fourth-order valence-electron chi connectivity index (χ4n) is 1.38. The lowest BCUT2D eigenvalue weighted by Gasteiger charge is -2.31. The van der Waals surface area contributed by atoms with E-state index in [1.807, 2.05) is 13.8 Å². The number of methoxy groups -OCH3 is 1. The molecule has 0 saturated carbocycles. The highest BCUT2D eigenvalue weighted by atomic mass is 16.6. The molecule has 0 aromatic heterocycles. The van der Waals surface area contributed by atoms with Crippen LogP contribution in [0.15, 0.2) is 0 Å². The Kier molecular flexibility index (Phi) is 12.4. The third kappa shape index (κ3) is 7.71. The minimum absolute atomic E-state index is 0.310. The standard InChI is InChI=1S/C8H16O4.C3H8.C2H6/c1-8(11-2)5-7(10)12-4-3-6(8)9;1-3-2;1-2/h6-7,9-10H,3-5H2,1-2H3;3H2,1-2H3;1-2H3/t6?,7?,8-;;/m1../s1. The highest BCUT2D eigenvalue weighted by molar-refractivity contribution is 4.86. The molecular formula is C13H30O4. The van der Waals surface area contributed by atoms with E-state index in [-0.39, 0.29) is 0 Å². The van der Waals surface area contributed by atoms with Crippen molar-refractivity contribution in [3.63, 3.8) is 0 Å². The molecule has 1 saturated heterocycles. The Morgan fingerprint density at radius 2 is 1.76 bits per heavy atom. The van der Waals surface area contributed by atoms with Crippen molar-refractivity contribution in [1.82, 2.24) is 0 Å². The molecule has 106 valence electrons. The molecule has 0 bridgehead atoms. The quantitative estimate of drug-likeness (QED) is 0.750. The van der Waals surface area contributed by atoms with Crippen LogP contribution in [0.1, 0.15) is 53.9 Å². The maximum atomic E-state index is 9.61. The zero-order valence-corrected chi connectivity index (χ0v) is 12.2. The Morgan fingerprint density at radius 1 is 1.29 bits per heavy atom. The Balaban J connectivity index is 0. The molecule has 1 aliphatic heterocycles. The van der Waals surface area contributed by atoms with Gasteiger partial charge in [0.2, 0.25) is 0 Å². The number of rotatable bonds is 1. The summed E-state index contributed by atoms with van der Waals surface area (Å²) in [6, 6.07) is 0. The van der Waals surface area contributed by atoms with Gasteiger partial charge >= 0.3 is 0 Å². The molecule has 17 heavy (non-hydrogen) atoms. The topological polar surface area (TPSA) is 58.9 Å². The van der Waals surface area contributed by atoms with Crippen LogP contribution in [0.5, 0.6) is 0 Å². The van der Waals surface area contributed by atoms with E-state index in [0.717, 1.165) is 0 Å². The third-order valence-corrected chi connectivity index (χ3v) is 2.45. The molecule has 4 nitrogen and oxygen atoms in total. The molecule has 0 amide bonds. The van der Waals surface area contributed by atoms with Crippen molar-refractivity contribution < 1.29 is 19.7 Å². The first-order valence-corrected chi connectivity index (χ1v) is 6.53. The normalized spacial score (nSPS) is 32.5. The van der Waals surface area contributed by atoms with Gasteiger partial charge in [-0.25, -0.2) is 0 Å². The van der Waals surface area contributed by atoms with Gasteiger partial charge in [0.1, 0.15) is 0 Å². The number of hydrogen-bond acceptors (Lipinski definition) is 4. The fraction of sp³-hybridized carbons (Fsp3) is 1.00. The van der Waals surface area contributed by atoms with Crippen molar-refractivity contribution in [2.24, 2.45) is 0 Å². The summed E-state index contributed by atoms with van der Waals surface area (Å²) in [4.78, 5) is 0. The lowest BCUT2D eigenvalue weighted by molar-refractivity contribution is -0.142. The predicted octanol–water partition coefficient (Wildman–Crippen LogP) is 2.32. The van der Waals surface area contributed by atoms with Crippen molar-refractivity contribution in [1.29, 1.82) is 0 Å². The van der Waals surface area contributed by atoms with Gasteiger partial charge in [0, 0.05) is 13.5 Å². The first-order chi connectivity index (χ1) is 8.00. The molecule has 2 unspecified atom stereocenters. The van der Waals surface area contributed by atoms with Gasteiger partial charge in [0.05, 0.1) is 18.3 Å². The van der Waals surface area contributed by atoms with Crippen molar-refractivity contribution in [2.45, 2.75) is 71.9 Å². The van der Waals surface area contributed by atoms with Crippen molar-refractivity contribution in [3.8, 4) is 0 Å². The van der Waals surface area contributed by atoms with Crippen molar-refractivity contribution in [2.75, 3.05) is 13.7 Å². The summed E-state index contributed by atoms with van der Waals surface area (Å²) in [5.41, 5.74) is -0.685. The average Bonchev–Trinajstić information content (AvgIpc) is 2.43. The summed E-state index contributed by atoms with van der Waals surface area (Å²) in [6.45, 7) is 10.4. The van der Waals surface area contributed by atoms with Crippen LogP contribution in [0.4, 0.5) is 0 Å². The first kappa shape index (κ1) is 19.2. The highest BCUT2D eigenvalue weighted by Gasteiger charge is 2.37. The van der Waals surface area contributed by atoms with E-state index in [0.29, 0.717) is 19.4 Å². The summed E-state index contributed by atoms with van der Waals surface area (Å²) in [5, 5.41) is 18.9. The smallest absolute Gasteiger partial charge is 0.157 e. The largest absolute Gasteiger partial charge is 0.390 e. The lowest BCUT2D eigenvalue weighted by atomic mass is 9.93. The SMILES string of the molecule is CC.CCC.CO[C@]1(C)CC(O)OCCC1O. The van der Waals surface area contributed by atoms with Gasteiger partial charge < -0.3 is 19.7 Å². The average molecular weight is 250 g/mol. The van der Waals surface area contributed by atoms with Crippen LogP contribution in [0.2, 0.25) is 0 Å². The Labute approximate surface area is 106 Å². The monoisotopic (exact) mass is 250 g/mol. The molecular weight excluding hydrogens is 220 g/mol. The van der Waals surface area contributed by atoms with Gasteiger partial charge in [-0.15, -0.1) is 0 Å². The van der Waals surface area contributed by atoms with Crippen LogP contribution >= 0.6 is 0 Å². The molecule has 1 fully saturated rings. The molecule has 0 spiro atoms. The molecule has 4 heteroatoms. The molecule has 0 aliphatic carbocycles. The van der Waals surface area contributed by atoms with Gasteiger partial charge in [-0.2, -0.15) is 0 Å². The van der Waals surface area contributed by atoms with E-state index in [1.165, 1.54) is 13.5 Å². The summed E-state index contributed by atoms with van der Waals surface area (Å²) in [6.07, 6.45) is 0.665. The second-order valence-corrected chi connectivity index (χ2v) is 4.06. The van der Waals surface area contributed by atoms with Gasteiger partial charge in [0.15, 0.2) is 6.29 Å². The third-order valence-electron chi connectivity index (χ3n) is 2.45. The van der Waals surface area contributed by atoms with Gasteiger partial charge in [-0.1, -0.05) is 34.1 Å². The molecule has 0 aromatic carbocycles. The first-order valence-electron chi connectivity index (χ1n) is 6.53. The van der Waals surface area contributed by atoms with Crippen LogP contribution in [-0.4, -0.2) is 41.9 Å². The van der Waals surface area contributed by atoms with Gasteiger partial charge in [0.25, 0.3) is 0 Å². The Bertz CT molecular complexity index is 163. The minimum Gasteiger partial charge on any atom is -0.390 e. The lowest BCUT2D eigenvalue weighted by Crippen LogP contribution is -2.42. The second-order valence-electron chi connectivity index (χ2n) is 4.06. The fourth-order valence-corrected chi connectivity index (χ4v) is 1.38. The predicted molar refractivity (Wildman–Crippen MR) is 69.9 cm³/mol. The highest BCUT2D eigenvalue weighted by Crippen LogP contribution is 2.26. The zero-order valence-electron chi connectivity index (χ0n) is 12.2. The van der Waals surface area contributed by atoms with E-state index >= 15 is 0 Å². The summed E-state index contributed by atoms with van der Waals surface area (Å²) >= 11 is 0. The molecule has 3 atom stereocenters. The maximum Gasteiger partial charge on any atom is 0.157 e. The van der Waals surface area contributed by atoms with Gasteiger partial charge in [-0.05, 0) is 13.3 Å². The van der Waals surface area contributed by atoms with E-state index in [4.69, 9.17) is 9.47 Å². The van der Waals surface area contributed by atoms with Crippen LogP contribution in [0, 0.1) is 0 Å². The number of hydrogen-bond donors (Lipinski definition) is 2. The van der Waals surface area contributed by atoms with Crippen LogP contribution in [0.25, 0.3) is 0 Å². The molecule has 0 aromatic rings. The van der Waals surface area contributed by atoms with Crippen LogP contribution in [0.3, 0.4) is 0 Å². The summed E-state index contributed by atoms with van der Waals surface area (Å²) in [7, 11) is 1.53. The summed E-state index contributed by atoms with van der Waals surface area (Å²) in [5.74, 6) is 0. The van der Waals surface area contributed by atoms with E-state index < -0.39 is 18.0 Å². The van der Waals surface area contributed by atoms with Gasteiger partial charge in [-0.3, -0.25) is 0 Å². The van der Waals surface area contributed by atoms with E-state index in [2.05, 4.69) is 13.8 Å². The van der Waals surface area contributed by atoms with Crippen LogP contribution in [-0.2, 0) is 9.47 Å². The summed E-state index contributed by atoms with van der Waals surface area (Å²) < 4.78 is 10.1. The maximum absolute atomic E-state index is 9.61. The Morgan fingerprint density at radius 3 is 2.18 bits per heavy atom. The second kappa shape index (κ2) is 11.0. The van der Waals surface area contributed by atoms with Crippen molar-refractivity contribution in [3.05, 3.63) is 0 Å². The van der Waals surface area contributed by atoms with E-state index in [1.54, 1.807) is 6.92 Å².